The molecule has 3 heterocycles. The number of nitrogens with zero attached hydrogens (tertiary/aromatic N) is 2. The van der Waals surface area contributed by atoms with Gasteiger partial charge in [0.25, 0.3) is 0 Å². The maximum Gasteiger partial charge on any atom is 0.0559 e. The van der Waals surface area contributed by atoms with E-state index in [9.17, 15) is 0 Å². The van der Waals surface area contributed by atoms with Gasteiger partial charge in [0.2, 0.25) is 0 Å². The molecule has 2 aliphatic heterocycles. The van der Waals surface area contributed by atoms with Gasteiger partial charge in [-0.2, -0.15) is 0 Å². The molecule has 3 rings (SSSR count). The molecule has 1 N–H and O–H groups in total. The number of anilines is 1. The monoisotopic (exact) mass is 275 g/mol. The second kappa shape index (κ2) is 5.70. The largest absolute Gasteiger partial charge is 0.383 e. The van der Waals surface area contributed by atoms with E-state index < -0.39 is 0 Å². The molecule has 4 nitrogen and oxygen atoms in total. The lowest BCUT2D eigenvalue weighted by Gasteiger charge is -2.38. The minimum absolute atomic E-state index is 0.296. The molecule has 0 aromatic carbocycles. The smallest absolute Gasteiger partial charge is 0.0559 e. The molecule has 0 bridgehead atoms. The Morgan fingerprint density at radius 3 is 2.90 bits per heavy atom. The minimum Gasteiger partial charge on any atom is -0.383 e. The topological polar surface area (TPSA) is 37.4 Å². The van der Waals surface area contributed by atoms with Gasteiger partial charge in [0.05, 0.1) is 25.1 Å². The van der Waals surface area contributed by atoms with E-state index in [0.717, 1.165) is 32.0 Å². The van der Waals surface area contributed by atoms with Crippen molar-refractivity contribution in [2.24, 2.45) is 5.41 Å². The van der Waals surface area contributed by atoms with E-state index in [-0.39, 0.29) is 0 Å². The number of likely N-dealkylation sites (tertiary alicyclic amines) is 1. The normalized spacial score (nSPS) is 26.0. The highest BCUT2D eigenvalue weighted by atomic mass is 16.5. The lowest BCUT2D eigenvalue weighted by atomic mass is 9.89. The van der Waals surface area contributed by atoms with Crippen LogP contribution in [0.1, 0.15) is 31.4 Å². The molecule has 0 radical (unpaired) electrons. The molecule has 110 valence electrons. The molecule has 2 aliphatic rings. The van der Waals surface area contributed by atoms with Gasteiger partial charge in [0.15, 0.2) is 0 Å². The van der Waals surface area contributed by atoms with Gasteiger partial charge in [-0.05, 0) is 38.6 Å². The molecule has 0 spiro atoms. The van der Waals surface area contributed by atoms with Crippen LogP contribution in [0, 0.1) is 5.41 Å². The van der Waals surface area contributed by atoms with Crippen LogP contribution in [0.2, 0.25) is 0 Å². The maximum absolute atomic E-state index is 5.27. The predicted octanol–water partition coefficient (Wildman–Crippen LogP) is 2.34. The summed E-state index contributed by atoms with van der Waals surface area (Å²) in [5.41, 5.74) is 2.65. The lowest BCUT2D eigenvalue weighted by Crippen LogP contribution is -2.45. The first-order valence-corrected chi connectivity index (χ1v) is 7.61. The van der Waals surface area contributed by atoms with Crippen LogP contribution in [0.4, 0.5) is 5.69 Å². The van der Waals surface area contributed by atoms with E-state index in [0.29, 0.717) is 11.3 Å². The fourth-order valence-electron chi connectivity index (χ4n) is 3.03. The molecular formula is C16H25N3O. The molecular weight excluding hydrogens is 250 g/mol. The molecule has 0 saturated carbocycles. The van der Waals surface area contributed by atoms with Crippen LogP contribution in [0.3, 0.4) is 0 Å². The van der Waals surface area contributed by atoms with Crippen LogP contribution < -0.4 is 5.32 Å². The molecule has 0 aliphatic carbocycles. The quantitative estimate of drug-likeness (QED) is 0.915. The average Bonchev–Trinajstić information content (AvgIpc) is 2.44. The zero-order chi connectivity index (χ0) is 14.0. The molecule has 1 aromatic rings. The van der Waals surface area contributed by atoms with Crippen LogP contribution in [-0.2, 0) is 4.74 Å². The number of hydrogen-bond donors (Lipinski definition) is 1. The second-order valence-corrected chi connectivity index (χ2v) is 6.73. The van der Waals surface area contributed by atoms with Crippen LogP contribution in [0.15, 0.2) is 18.3 Å². The van der Waals surface area contributed by atoms with Crippen molar-refractivity contribution in [1.29, 1.82) is 0 Å². The van der Waals surface area contributed by atoms with Crippen molar-refractivity contribution in [3.05, 3.63) is 24.0 Å². The van der Waals surface area contributed by atoms with Gasteiger partial charge >= 0.3 is 0 Å². The molecule has 20 heavy (non-hydrogen) atoms. The Labute approximate surface area is 121 Å². The standard InChI is InChI=1S/C16H25N3O/c1-16(11-20-12-16)10-18-14-5-6-15(17-8-14)13-4-3-7-19(2)9-13/h5-6,8,13,18H,3-4,7,9-12H2,1-2H3/t13-/m0/s1. The third-order valence-electron chi connectivity index (χ3n) is 4.45. The average molecular weight is 275 g/mol. The van der Waals surface area contributed by atoms with E-state index >= 15 is 0 Å². The van der Waals surface area contributed by atoms with E-state index in [4.69, 9.17) is 4.74 Å². The molecule has 2 fully saturated rings. The van der Waals surface area contributed by atoms with Crippen molar-refractivity contribution in [1.82, 2.24) is 9.88 Å². The molecule has 4 heteroatoms. The predicted molar refractivity (Wildman–Crippen MR) is 81.1 cm³/mol. The summed E-state index contributed by atoms with van der Waals surface area (Å²) in [6.07, 6.45) is 4.52. The number of pyridine rings is 1. The summed E-state index contributed by atoms with van der Waals surface area (Å²) in [5.74, 6) is 0.598. The van der Waals surface area contributed by atoms with Gasteiger partial charge in [-0.25, -0.2) is 0 Å². The fraction of sp³-hybridized carbons (Fsp3) is 0.688. The first-order valence-electron chi connectivity index (χ1n) is 7.61. The first kappa shape index (κ1) is 13.8. The Morgan fingerprint density at radius 1 is 1.45 bits per heavy atom. The van der Waals surface area contributed by atoms with Crippen molar-refractivity contribution in [3.8, 4) is 0 Å². The van der Waals surface area contributed by atoms with Crippen LogP contribution in [0.25, 0.3) is 0 Å². The lowest BCUT2D eigenvalue weighted by molar-refractivity contribution is -0.0924. The first-order chi connectivity index (χ1) is 9.65. The number of likely N-dealkylation sites (N-methyl/N-ethyl adjacent to an activating group) is 1. The Hall–Kier alpha value is -1.13. The Morgan fingerprint density at radius 2 is 2.30 bits per heavy atom. The van der Waals surface area contributed by atoms with Crippen molar-refractivity contribution >= 4 is 5.69 Å². The zero-order valence-electron chi connectivity index (χ0n) is 12.6. The van der Waals surface area contributed by atoms with Gasteiger partial charge in [-0.3, -0.25) is 4.98 Å². The molecule has 0 unspecified atom stereocenters. The van der Waals surface area contributed by atoms with E-state index in [1.807, 2.05) is 6.20 Å². The second-order valence-electron chi connectivity index (χ2n) is 6.73. The van der Waals surface area contributed by atoms with Crippen LogP contribution in [0.5, 0.6) is 0 Å². The number of rotatable bonds is 4. The van der Waals surface area contributed by atoms with Gasteiger partial charge < -0.3 is 15.0 Å². The summed E-state index contributed by atoms with van der Waals surface area (Å²) in [7, 11) is 2.20. The van der Waals surface area contributed by atoms with E-state index in [1.165, 1.54) is 25.1 Å². The summed E-state index contributed by atoms with van der Waals surface area (Å²) in [4.78, 5) is 7.06. The number of ether oxygens (including phenoxy) is 1. The number of nitrogens with one attached hydrogen (secondary N) is 1. The summed E-state index contributed by atoms with van der Waals surface area (Å²) in [6.45, 7) is 7.29. The Balaban J connectivity index is 1.56. The third kappa shape index (κ3) is 3.13. The van der Waals surface area contributed by atoms with Crippen molar-refractivity contribution in [2.45, 2.75) is 25.7 Å². The number of piperidine rings is 1. The van der Waals surface area contributed by atoms with Gasteiger partial charge in [-0.15, -0.1) is 0 Å². The number of aromatic nitrogens is 1. The Kier molecular flexibility index (Phi) is 3.94. The van der Waals surface area contributed by atoms with Crippen molar-refractivity contribution < 1.29 is 4.74 Å². The summed E-state index contributed by atoms with van der Waals surface area (Å²) < 4.78 is 5.27. The summed E-state index contributed by atoms with van der Waals surface area (Å²) >= 11 is 0. The van der Waals surface area contributed by atoms with E-state index in [2.05, 4.69) is 41.3 Å². The van der Waals surface area contributed by atoms with Crippen molar-refractivity contribution in [3.63, 3.8) is 0 Å². The minimum atomic E-state index is 0.296. The van der Waals surface area contributed by atoms with Gasteiger partial charge in [0, 0.05) is 30.1 Å². The molecule has 2 saturated heterocycles. The summed E-state index contributed by atoms with van der Waals surface area (Å²) in [5, 5.41) is 3.47. The third-order valence-corrected chi connectivity index (χ3v) is 4.45. The van der Waals surface area contributed by atoms with E-state index in [1.54, 1.807) is 0 Å². The highest BCUT2D eigenvalue weighted by Crippen LogP contribution is 2.28. The SMILES string of the molecule is CN1CCC[C@H](c2ccc(NCC3(C)COC3)cn2)C1. The van der Waals surface area contributed by atoms with Crippen LogP contribution >= 0.6 is 0 Å². The summed E-state index contributed by atoms with van der Waals surface area (Å²) in [6, 6.07) is 4.35. The van der Waals surface area contributed by atoms with Gasteiger partial charge in [-0.1, -0.05) is 6.92 Å². The highest BCUT2D eigenvalue weighted by molar-refractivity contribution is 5.41. The molecule has 1 aromatic heterocycles. The molecule has 0 amide bonds. The fourth-order valence-corrected chi connectivity index (χ4v) is 3.03. The maximum atomic E-state index is 5.27. The number of hydrogen-bond acceptors (Lipinski definition) is 4. The zero-order valence-corrected chi connectivity index (χ0v) is 12.6. The van der Waals surface area contributed by atoms with Gasteiger partial charge in [0.1, 0.15) is 0 Å². The van der Waals surface area contributed by atoms with Crippen LogP contribution in [-0.4, -0.2) is 49.8 Å². The molecule has 1 atom stereocenters. The Bertz CT molecular complexity index is 442. The highest BCUT2D eigenvalue weighted by Gasteiger charge is 2.32. The van der Waals surface area contributed by atoms with Crippen molar-refractivity contribution in [2.75, 3.05) is 45.2 Å².